The molecule has 0 aliphatic heterocycles. The van der Waals surface area contributed by atoms with Crippen LogP contribution in [-0.4, -0.2) is 12.1 Å². The van der Waals surface area contributed by atoms with Crippen molar-refractivity contribution in [3.63, 3.8) is 0 Å². The average molecular weight is 248 g/mol. The molecule has 2 N–H and O–H groups in total. The molecule has 0 aliphatic carbocycles. The van der Waals surface area contributed by atoms with Crippen LogP contribution in [0.4, 0.5) is 10.1 Å². The third kappa shape index (κ3) is 2.34. The summed E-state index contributed by atoms with van der Waals surface area (Å²) in [5.41, 5.74) is 6.49. The quantitative estimate of drug-likeness (QED) is 0.848. The summed E-state index contributed by atoms with van der Waals surface area (Å²) in [7, 11) is 1.46. The Labute approximate surface area is 104 Å². The van der Waals surface area contributed by atoms with Gasteiger partial charge in [-0.1, -0.05) is 0 Å². The van der Waals surface area contributed by atoms with E-state index in [1.54, 1.807) is 25.3 Å². The van der Waals surface area contributed by atoms with Crippen LogP contribution in [0.1, 0.15) is 5.69 Å². The SMILES string of the molecule is COc1cc(Oc2cccnc2C)c(F)cc1N. The van der Waals surface area contributed by atoms with Gasteiger partial charge in [-0.2, -0.15) is 0 Å². The summed E-state index contributed by atoms with van der Waals surface area (Å²) >= 11 is 0. The minimum absolute atomic E-state index is 0.0529. The van der Waals surface area contributed by atoms with Crippen molar-refractivity contribution in [2.45, 2.75) is 6.92 Å². The number of halogens is 1. The maximum atomic E-state index is 13.7. The van der Waals surface area contributed by atoms with Crippen molar-refractivity contribution in [3.8, 4) is 17.2 Å². The number of anilines is 1. The largest absolute Gasteiger partial charge is 0.494 e. The maximum Gasteiger partial charge on any atom is 0.168 e. The van der Waals surface area contributed by atoms with Crippen LogP contribution in [0.15, 0.2) is 30.5 Å². The van der Waals surface area contributed by atoms with Crippen LogP contribution in [0.25, 0.3) is 0 Å². The lowest BCUT2D eigenvalue weighted by Crippen LogP contribution is -1.97. The van der Waals surface area contributed by atoms with E-state index in [9.17, 15) is 4.39 Å². The molecule has 5 heteroatoms. The highest BCUT2D eigenvalue weighted by Crippen LogP contribution is 2.33. The minimum atomic E-state index is -0.545. The van der Waals surface area contributed by atoms with Crippen molar-refractivity contribution in [2.24, 2.45) is 0 Å². The molecule has 0 saturated heterocycles. The van der Waals surface area contributed by atoms with Gasteiger partial charge in [-0.25, -0.2) is 4.39 Å². The van der Waals surface area contributed by atoms with Gasteiger partial charge in [0, 0.05) is 18.3 Å². The topological polar surface area (TPSA) is 57.4 Å². The second-order valence-electron chi connectivity index (χ2n) is 3.71. The molecule has 0 bridgehead atoms. The molecule has 2 rings (SSSR count). The lowest BCUT2D eigenvalue weighted by atomic mass is 10.2. The monoisotopic (exact) mass is 248 g/mol. The molecular formula is C13H13FN2O2. The Morgan fingerprint density at radius 2 is 2.00 bits per heavy atom. The van der Waals surface area contributed by atoms with Gasteiger partial charge in [0.1, 0.15) is 11.5 Å². The van der Waals surface area contributed by atoms with Gasteiger partial charge in [0.25, 0.3) is 0 Å². The molecule has 94 valence electrons. The van der Waals surface area contributed by atoms with Gasteiger partial charge in [0.2, 0.25) is 0 Å². The Morgan fingerprint density at radius 3 is 2.67 bits per heavy atom. The Bertz CT molecular complexity index is 573. The molecule has 1 aromatic carbocycles. The van der Waals surface area contributed by atoms with Crippen molar-refractivity contribution in [1.29, 1.82) is 0 Å². The standard InChI is InChI=1S/C13H13FN2O2/c1-8-11(4-3-5-16-8)18-12-7-13(17-2)10(15)6-9(12)14/h3-7H,15H2,1-2H3. The smallest absolute Gasteiger partial charge is 0.168 e. The number of aryl methyl sites for hydroxylation is 1. The summed E-state index contributed by atoms with van der Waals surface area (Å²) in [6.07, 6.45) is 1.64. The van der Waals surface area contributed by atoms with Crippen molar-refractivity contribution in [2.75, 3.05) is 12.8 Å². The normalized spacial score (nSPS) is 10.2. The number of hydrogen-bond acceptors (Lipinski definition) is 4. The molecule has 0 amide bonds. The van der Waals surface area contributed by atoms with Crippen LogP contribution < -0.4 is 15.2 Å². The molecule has 4 nitrogen and oxygen atoms in total. The van der Waals surface area contributed by atoms with Crippen molar-refractivity contribution in [1.82, 2.24) is 4.98 Å². The first-order valence-corrected chi connectivity index (χ1v) is 5.34. The maximum absolute atomic E-state index is 13.7. The van der Waals surface area contributed by atoms with Crippen LogP contribution in [0.5, 0.6) is 17.2 Å². The van der Waals surface area contributed by atoms with E-state index in [-0.39, 0.29) is 11.4 Å². The lowest BCUT2D eigenvalue weighted by Gasteiger charge is -2.11. The van der Waals surface area contributed by atoms with Gasteiger partial charge in [0.15, 0.2) is 11.6 Å². The number of aromatic nitrogens is 1. The number of methoxy groups -OCH3 is 1. The fourth-order valence-electron chi connectivity index (χ4n) is 1.50. The van der Waals surface area contributed by atoms with Crippen LogP contribution in [0.2, 0.25) is 0 Å². The molecule has 18 heavy (non-hydrogen) atoms. The summed E-state index contributed by atoms with van der Waals surface area (Å²) < 4.78 is 24.2. The zero-order valence-electron chi connectivity index (χ0n) is 10.1. The molecule has 0 saturated carbocycles. The summed E-state index contributed by atoms with van der Waals surface area (Å²) in [6.45, 7) is 1.78. The highest BCUT2D eigenvalue weighted by Gasteiger charge is 2.11. The Morgan fingerprint density at radius 1 is 1.22 bits per heavy atom. The van der Waals surface area contributed by atoms with E-state index in [1.807, 2.05) is 0 Å². The van der Waals surface area contributed by atoms with Crippen molar-refractivity contribution < 1.29 is 13.9 Å². The molecule has 0 fully saturated rings. The number of ether oxygens (including phenoxy) is 2. The second-order valence-corrected chi connectivity index (χ2v) is 3.71. The van der Waals surface area contributed by atoms with Crippen molar-refractivity contribution in [3.05, 3.63) is 42.0 Å². The van der Waals surface area contributed by atoms with Crippen LogP contribution in [0, 0.1) is 12.7 Å². The molecule has 1 aromatic heterocycles. The number of pyridine rings is 1. The van der Waals surface area contributed by atoms with Gasteiger partial charge in [-0.15, -0.1) is 0 Å². The zero-order chi connectivity index (χ0) is 13.1. The molecule has 0 atom stereocenters. The first kappa shape index (κ1) is 12.2. The number of rotatable bonds is 3. The van der Waals surface area contributed by atoms with E-state index in [0.717, 1.165) is 0 Å². The fraction of sp³-hybridized carbons (Fsp3) is 0.154. The Hall–Kier alpha value is -2.30. The third-order valence-electron chi connectivity index (χ3n) is 2.46. The van der Waals surface area contributed by atoms with Gasteiger partial charge in [0.05, 0.1) is 18.5 Å². The third-order valence-corrected chi connectivity index (χ3v) is 2.46. The van der Waals surface area contributed by atoms with E-state index >= 15 is 0 Å². The van der Waals surface area contributed by atoms with Gasteiger partial charge >= 0.3 is 0 Å². The summed E-state index contributed by atoms with van der Waals surface area (Å²) in [5, 5.41) is 0. The average Bonchev–Trinajstić information content (AvgIpc) is 2.35. The number of nitrogen functional groups attached to an aromatic ring is 1. The predicted molar refractivity (Wildman–Crippen MR) is 66.4 cm³/mol. The second kappa shape index (κ2) is 4.91. The Balaban J connectivity index is 2.38. The first-order valence-electron chi connectivity index (χ1n) is 5.34. The van der Waals surface area contributed by atoms with E-state index in [2.05, 4.69) is 4.98 Å². The first-order chi connectivity index (χ1) is 8.61. The lowest BCUT2D eigenvalue weighted by molar-refractivity contribution is 0.402. The van der Waals surface area contributed by atoms with E-state index in [0.29, 0.717) is 17.2 Å². The molecular weight excluding hydrogens is 235 g/mol. The van der Waals surface area contributed by atoms with E-state index in [4.69, 9.17) is 15.2 Å². The van der Waals surface area contributed by atoms with E-state index in [1.165, 1.54) is 19.2 Å². The fourth-order valence-corrected chi connectivity index (χ4v) is 1.50. The minimum Gasteiger partial charge on any atom is -0.494 e. The van der Waals surface area contributed by atoms with Gasteiger partial charge in [-0.3, -0.25) is 4.98 Å². The van der Waals surface area contributed by atoms with Gasteiger partial charge in [-0.05, 0) is 19.1 Å². The van der Waals surface area contributed by atoms with E-state index < -0.39 is 5.82 Å². The number of hydrogen-bond donors (Lipinski definition) is 1. The molecule has 2 aromatic rings. The summed E-state index contributed by atoms with van der Waals surface area (Å²) in [4.78, 5) is 4.06. The highest BCUT2D eigenvalue weighted by molar-refractivity contribution is 5.56. The number of nitrogens with two attached hydrogens (primary N) is 1. The molecule has 0 unspecified atom stereocenters. The van der Waals surface area contributed by atoms with Crippen LogP contribution in [-0.2, 0) is 0 Å². The predicted octanol–water partition coefficient (Wildman–Crippen LogP) is 2.91. The van der Waals surface area contributed by atoms with Crippen molar-refractivity contribution >= 4 is 5.69 Å². The number of benzene rings is 1. The summed E-state index contributed by atoms with van der Waals surface area (Å²) in [6, 6.07) is 6.01. The Kier molecular flexibility index (Phi) is 3.32. The summed E-state index contributed by atoms with van der Waals surface area (Å²) in [5.74, 6) is 0.366. The molecule has 1 heterocycles. The number of nitrogens with zero attached hydrogens (tertiary/aromatic N) is 1. The zero-order valence-corrected chi connectivity index (χ0v) is 10.1. The highest BCUT2D eigenvalue weighted by atomic mass is 19.1. The molecule has 0 radical (unpaired) electrons. The van der Waals surface area contributed by atoms with Crippen LogP contribution in [0.3, 0.4) is 0 Å². The van der Waals surface area contributed by atoms with Gasteiger partial charge < -0.3 is 15.2 Å². The molecule has 0 aliphatic rings. The van der Waals surface area contributed by atoms with Crippen LogP contribution >= 0.6 is 0 Å². The molecule has 0 spiro atoms.